The van der Waals surface area contributed by atoms with Gasteiger partial charge in [0.25, 0.3) is 5.91 Å². The van der Waals surface area contributed by atoms with E-state index in [1.807, 2.05) is 0 Å². The molecule has 4 N–H and O–H groups in total. The van der Waals surface area contributed by atoms with Crippen molar-refractivity contribution in [3.8, 4) is 10.8 Å². The van der Waals surface area contributed by atoms with Gasteiger partial charge in [-0.3, -0.25) is 9.59 Å². The Morgan fingerprint density at radius 1 is 1.43 bits per heavy atom. The Morgan fingerprint density at radius 2 is 2.22 bits per heavy atom. The molecule has 0 aromatic carbocycles. The van der Waals surface area contributed by atoms with E-state index in [1.54, 1.807) is 0 Å². The van der Waals surface area contributed by atoms with Gasteiger partial charge in [0.2, 0.25) is 5.56 Å². The van der Waals surface area contributed by atoms with Crippen molar-refractivity contribution >= 4 is 41.0 Å². The number of nitrogens with one attached hydrogen (secondary N) is 2. The number of allylic oxidation sites excluding steroid dienone is 1. The molecule has 0 radical (unpaired) electrons. The standard InChI is InChI=1S/C15H13N3O3S2/c16-5-7-1-3-9-11(12(7)22)15(23-13(9)14(17)20)21-8-2-4-10(19)18-6-8/h2,4-6,16,22H,1,3H2,(H2,17,20)(H,18,19). The Hall–Kier alpha value is -2.32. The molecule has 2 aromatic heterocycles. The zero-order valence-corrected chi connectivity index (χ0v) is 13.6. The fraction of sp³-hybridized carbons (Fsp3) is 0.133. The SMILES string of the molecule is N=CC1=C(S)c2c(Oc3ccc(=O)[nH]c3)sc(C(N)=O)c2CC1. The van der Waals surface area contributed by atoms with Gasteiger partial charge in [-0.15, -0.1) is 12.6 Å². The molecule has 3 rings (SSSR count). The number of carbonyl (C=O) groups is 1. The lowest BCUT2D eigenvalue weighted by Crippen LogP contribution is -2.13. The van der Waals surface area contributed by atoms with E-state index in [0.29, 0.717) is 39.0 Å². The molecule has 1 aliphatic rings. The van der Waals surface area contributed by atoms with E-state index >= 15 is 0 Å². The Kier molecular flexibility index (Phi) is 4.10. The molecular formula is C15H13N3O3S2. The number of pyridine rings is 1. The van der Waals surface area contributed by atoms with Gasteiger partial charge in [0, 0.05) is 28.9 Å². The smallest absolute Gasteiger partial charge is 0.259 e. The van der Waals surface area contributed by atoms with E-state index in [2.05, 4.69) is 17.6 Å². The zero-order valence-electron chi connectivity index (χ0n) is 11.9. The third-order valence-electron chi connectivity index (χ3n) is 3.52. The van der Waals surface area contributed by atoms with Gasteiger partial charge in [0.15, 0.2) is 5.06 Å². The summed E-state index contributed by atoms with van der Waals surface area (Å²) in [4.78, 5) is 26.4. The summed E-state index contributed by atoms with van der Waals surface area (Å²) in [6, 6.07) is 2.89. The van der Waals surface area contributed by atoms with Gasteiger partial charge in [-0.05, 0) is 30.0 Å². The first kappa shape index (κ1) is 15.6. The maximum atomic E-state index is 11.7. The Balaban J connectivity index is 2.12. The topological polar surface area (TPSA) is 109 Å². The number of amides is 1. The van der Waals surface area contributed by atoms with Crippen LogP contribution in [-0.4, -0.2) is 17.1 Å². The minimum absolute atomic E-state index is 0.232. The molecule has 118 valence electrons. The summed E-state index contributed by atoms with van der Waals surface area (Å²) in [5.74, 6) is -0.0743. The molecule has 6 nitrogen and oxygen atoms in total. The largest absolute Gasteiger partial charge is 0.444 e. The van der Waals surface area contributed by atoms with Gasteiger partial charge in [-0.2, -0.15) is 0 Å². The highest BCUT2D eigenvalue weighted by molar-refractivity contribution is 7.90. The summed E-state index contributed by atoms with van der Waals surface area (Å²) in [6.45, 7) is 0. The van der Waals surface area contributed by atoms with Crippen LogP contribution in [0.25, 0.3) is 4.91 Å². The molecule has 0 spiro atoms. The molecule has 0 unspecified atom stereocenters. The predicted molar refractivity (Wildman–Crippen MR) is 93.0 cm³/mol. The average Bonchev–Trinajstić information content (AvgIpc) is 2.90. The van der Waals surface area contributed by atoms with Crippen molar-refractivity contribution in [3.63, 3.8) is 0 Å². The number of thiol groups is 1. The number of hydrogen-bond donors (Lipinski definition) is 4. The van der Waals surface area contributed by atoms with Crippen LogP contribution >= 0.6 is 24.0 Å². The number of H-pyrrole nitrogens is 1. The van der Waals surface area contributed by atoms with Crippen LogP contribution in [0.3, 0.4) is 0 Å². The van der Waals surface area contributed by atoms with Crippen LogP contribution in [0.15, 0.2) is 28.7 Å². The molecule has 1 aliphatic carbocycles. The van der Waals surface area contributed by atoms with Crippen LogP contribution in [-0.2, 0) is 6.42 Å². The van der Waals surface area contributed by atoms with Crippen LogP contribution in [0.1, 0.15) is 27.2 Å². The second-order valence-corrected chi connectivity index (χ2v) is 6.38. The second kappa shape index (κ2) is 6.05. The number of nitrogens with two attached hydrogens (primary N) is 1. The summed E-state index contributed by atoms with van der Waals surface area (Å²) in [6.07, 6.45) is 3.94. The van der Waals surface area contributed by atoms with E-state index < -0.39 is 5.91 Å². The normalized spacial score (nSPS) is 13.6. The number of fused-ring (bicyclic) bond motifs is 1. The average molecular weight is 347 g/mol. The lowest BCUT2D eigenvalue weighted by atomic mass is 9.93. The van der Waals surface area contributed by atoms with Crippen molar-refractivity contribution < 1.29 is 9.53 Å². The Bertz CT molecular complexity index is 875. The van der Waals surface area contributed by atoms with Gasteiger partial charge in [0.05, 0.1) is 4.88 Å². The van der Waals surface area contributed by atoms with Crippen molar-refractivity contribution in [3.05, 3.63) is 50.3 Å². The number of rotatable bonds is 4. The van der Waals surface area contributed by atoms with E-state index in [9.17, 15) is 9.59 Å². The highest BCUT2D eigenvalue weighted by atomic mass is 32.1. The van der Waals surface area contributed by atoms with Crippen molar-refractivity contribution in [1.29, 1.82) is 5.41 Å². The monoisotopic (exact) mass is 347 g/mol. The van der Waals surface area contributed by atoms with Crippen LogP contribution < -0.4 is 16.0 Å². The maximum absolute atomic E-state index is 11.7. The second-order valence-electron chi connectivity index (χ2n) is 4.95. The maximum Gasteiger partial charge on any atom is 0.259 e. The van der Waals surface area contributed by atoms with E-state index in [4.69, 9.17) is 15.9 Å². The summed E-state index contributed by atoms with van der Waals surface area (Å²) >= 11 is 5.65. The number of aromatic amines is 1. The van der Waals surface area contributed by atoms with Crippen molar-refractivity contribution in [2.75, 3.05) is 0 Å². The fourth-order valence-electron chi connectivity index (χ4n) is 2.44. The summed E-state index contributed by atoms with van der Waals surface area (Å²) in [5.41, 5.74) is 7.51. The van der Waals surface area contributed by atoms with E-state index in [-0.39, 0.29) is 5.56 Å². The molecule has 0 bridgehead atoms. The number of carbonyl (C=O) groups excluding carboxylic acids is 1. The molecule has 2 heterocycles. The predicted octanol–water partition coefficient (Wildman–Crippen LogP) is 2.56. The molecule has 0 saturated heterocycles. The minimum Gasteiger partial charge on any atom is -0.444 e. The first-order valence-corrected chi connectivity index (χ1v) is 8.02. The van der Waals surface area contributed by atoms with Gasteiger partial charge in [-0.25, -0.2) is 0 Å². The number of hydrogen-bond acceptors (Lipinski definition) is 6. The number of ether oxygens (including phenoxy) is 1. The van der Waals surface area contributed by atoms with E-state index in [0.717, 1.165) is 22.5 Å². The molecule has 0 fully saturated rings. The van der Waals surface area contributed by atoms with Crippen molar-refractivity contribution in [1.82, 2.24) is 4.98 Å². The van der Waals surface area contributed by atoms with Gasteiger partial charge < -0.3 is 20.9 Å². The Morgan fingerprint density at radius 3 is 2.83 bits per heavy atom. The highest BCUT2D eigenvalue weighted by Crippen LogP contribution is 2.47. The van der Waals surface area contributed by atoms with Crippen LogP contribution in [0.5, 0.6) is 10.8 Å². The molecule has 0 saturated carbocycles. The third kappa shape index (κ3) is 2.82. The van der Waals surface area contributed by atoms with E-state index in [1.165, 1.54) is 24.5 Å². The summed E-state index contributed by atoms with van der Waals surface area (Å²) in [7, 11) is 0. The lowest BCUT2D eigenvalue weighted by molar-refractivity contribution is 0.100. The zero-order chi connectivity index (χ0) is 16.6. The molecular weight excluding hydrogens is 334 g/mol. The molecule has 23 heavy (non-hydrogen) atoms. The number of aromatic nitrogens is 1. The van der Waals surface area contributed by atoms with Crippen LogP contribution in [0.2, 0.25) is 0 Å². The van der Waals surface area contributed by atoms with Crippen LogP contribution in [0, 0.1) is 5.41 Å². The first-order valence-electron chi connectivity index (χ1n) is 6.76. The molecule has 1 amide bonds. The van der Waals surface area contributed by atoms with Crippen molar-refractivity contribution in [2.24, 2.45) is 5.73 Å². The van der Waals surface area contributed by atoms with Gasteiger partial charge >= 0.3 is 0 Å². The van der Waals surface area contributed by atoms with Crippen LogP contribution in [0.4, 0.5) is 0 Å². The summed E-state index contributed by atoms with van der Waals surface area (Å²) in [5, 5.41) is 7.95. The lowest BCUT2D eigenvalue weighted by Gasteiger charge is -2.16. The molecule has 0 aliphatic heterocycles. The summed E-state index contributed by atoms with van der Waals surface area (Å²) < 4.78 is 5.81. The fourth-order valence-corrected chi connectivity index (χ4v) is 4.00. The number of thiophene rings is 1. The number of primary amides is 1. The quantitative estimate of drug-likeness (QED) is 0.504. The molecule has 0 atom stereocenters. The minimum atomic E-state index is -0.512. The first-order chi connectivity index (χ1) is 11.0. The Labute approximate surface area is 140 Å². The van der Waals surface area contributed by atoms with Gasteiger partial charge in [0.1, 0.15) is 5.75 Å². The van der Waals surface area contributed by atoms with Crippen molar-refractivity contribution in [2.45, 2.75) is 12.8 Å². The molecule has 2 aromatic rings. The molecule has 8 heteroatoms. The van der Waals surface area contributed by atoms with Gasteiger partial charge in [-0.1, -0.05) is 11.3 Å². The third-order valence-corrected chi connectivity index (χ3v) is 5.16. The highest BCUT2D eigenvalue weighted by Gasteiger charge is 2.28.